The lowest BCUT2D eigenvalue weighted by Crippen LogP contribution is -2.20. The third-order valence-corrected chi connectivity index (χ3v) is 3.58. The maximum Gasteiger partial charge on any atom is 0.258 e. The number of aromatic nitrogens is 1. The Balaban J connectivity index is 2.16. The monoisotopic (exact) mass is 252 g/mol. The number of carbonyl (C=O) groups is 1. The van der Waals surface area contributed by atoms with Gasteiger partial charge in [0.05, 0.1) is 5.69 Å². The molecule has 2 heterocycles. The van der Waals surface area contributed by atoms with Crippen molar-refractivity contribution < 1.29 is 4.79 Å². The number of fused-ring (bicyclic) bond motifs is 1. The molecule has 1 aromatic carbocycles. The summed E-state index contributed by atoms with van der Waals surface area (Å²) in [5.74, 6) is 0.0550. The summed E-state index contributed by atoms with van der Waals surface area (Å²) >= 11 is 0. The highest BCUT2D eigenvalue weighted by Crippen LogP contribution is 2.36. The number of amides is 1. The maximum absolute atomic E-state index is 12.3. The molecule has 2 aromatic rings. The number of nitrogens with one attached hydrogen (secondary N) is 1. The predicted octanol–water partition coefficient (Wildman–Crippen LogP) is 3.15. The number of hydrogen-bond acceptors (Lipinski definition) is 1. The van der Waals surface area contributed by atoms with Gasteiger partial charge in [0.1, 0.15) is 0 Å². The van der Waals surface area contributed by atoms with E-state index in [1.165, 1.54) is 0 Å². The van der Waals surface area contributed by atoms with Crippen LogP contribution >= 0.6 is 0 Å². The maximum atomic E-state index is 12.3. The molecule has 1 N–H and O–H groups in total. The molecule has 0 radical (unpaired) electrons. The van der Waals surface area contributed by atoms with Gasteiger partial charge in [-0.15, -0.1) is 0 Å². The van der Waals surface area contributed by atoms with E-state index in [0.29, 0.717) is 0 Å². The van der Waals surface area contributed by atoms with Crippen LogP contribution in [0.2, 0.25) is 0 Å². The van der Waals surface area contributed by atoms with Gasteiger partial charge >= 0.3 is 0 Å². The Hall–Kier alpha value is -2.29. The smallest absolute Gasteiger partial charge is 0.258 e. The average Bonchev–Trinajstić information content (AvgIpc) is 2.83. The molecule has 0 saturated heterocycles. The molecule has 0 spiro atoms. The molecular weight excluding hydrogens is 236 g/mol. The fourth-order valence-electron chi connectivity index (χ4n) is 2.59. The number of benzene rings is 1. The summed E-state index contributed by atoms with van der Waals surface area (Å²) in [6, 6.07) is 9.96. The number of para-hydroxylation sites is 1. The van der Waals surface area contributed by atoms with Crippen molar-refractivity contribution in [2.75, 3.05) is 11.9 Å². The van der Waals surface area contributed by atoms with Gasteiger partial charge in [-0.2, -0.15) is 0 Å². The van der Waals surface area contributed by atoms with Crippen LogP contribution in [0.4, 0.5) is 5.69 Å². The summed E-state index contributed by atoms with van der Waals surface area (Å²) < 4.78 is 0. The van der Waals surface area contributed by atoms with E-state index in [-0.39, 0.29) is 5.91 Å². The van der Waals surface area contributed by atoms with E-state index >= 15 is 0 Å². The van der Waals surface area contributed by atoms with Crippen molar-refractivity contribution in [1.29, 1.82) is 0 Å². The number of nitrogens with zero attached hydrogens (tertiary/aromatic N) is 1. The zero-order valence-corrected chi connectivity index (χ0v) is 11.3. The average molecular weight is 252 g/mol. The van der Waals surface area contributed by atoms with Crippen molar-refractivity contribution in [1.82, 2.24) is 4.98 Å². The summed E-state index contributed by atoms with van der Waals surface area (Å²) in [7, 11) is 1.82. The van der Waals surface area contributed by atoms with Crippen LogP contribution < -0.4 is 4.90 Å². The van der Waals surface area contributed by atoms with E-state index in [9.17, 15) is 4.79 Å². The van der Waals surface area contributed by atoms with Crippen LogP contribution in [0.3, 0.4) is 0 Å². The van der Waals surface area contributed by atoms with Crippen molar-refractivity contribution in [3.8, 4) is 0 Å². The second kappa shape index (κ2) is 4.12. The zero-order chi connectivity index (χ0) is 13.6. The fourth-order valence-corrected chi connectivity index (χ4v) is 2.59. The summed E-state index contributed by atoms with van der Waals surface area (Å²) in [6.45, 7) is 4.04. The number of aryl methyl sites for hydroxylation is 2. The largest absolute Gasteiger partial charge is 0.362 e. The lowest BCUT2D eigenvalue weighted by Gasteiger charge is -2.07. The summed E-state index contributed by atoms with van der Waals surface area (Å²) in [6.07, 6.45) is 1.98. The number of carbonyl (C=O) groups excluding carboxylic acids is 1. The van der Waals surface area contributed by atoms with Gasteiger partial charge in [0.25, 0.3) is 5.91 Å². The minimum atomic E-state index is 0.0550. The number of anilines is 1. The summed E-state index contributed by atoms with van der Waals surface area (Å²) in [4.78, 5) is 17.3. The van der Waals surface area contributed by atoms with Crippen molar-refractivity contribution in [3.05, 3.63) is 52.8 Å². The first-order chi connectivity index (χ1) is 9.08. The Morgan fingerprint density at radius 1 is 1.21 bits per heavy atom. The van der Waals surface area contributed by atoms with Gasteiger partial charge in [0.15, 0.2) is 0 Å². The van der Waals surface area contributed by atoms with Crippen LogP contribution in [0, 0.1) is 13.8 Å². The third kappa shape index (κ3) is 1.78. The Bertz CT molecular complexity index is 695. The molecule has 0 aliphatic carbocycles. The predicted molar refractivity (Wildman–Crippen MR) is 78.0 cm³/mol. The number of aromatic amines is 1. The minimum absolute atomic E-state index is 0.0550. The summed E-state index contributed by atoms with van der Waals surface area (Å²) in [5, 5.41) is 0. The molecule has 0 unspecified atom stereocenters. The normalized spacial score (nSPS) is 16.3. The molecule has 3 rings (SSSR count). The minimum Gasteiger partial charge on any atom is -0.362 e. The number of hydrogen-bond donors (Lipinski definition) is 1. The second-order valence-electron chi connectivity index (χ2n) is 4.97. The lowest BCUT2D eigenvalue weighted by atomic mass is 10.0. The van der Waals surface area contributed by atoms with E-state index in [1.54, 1.807) is 4.90 Å². The number of likely N-dealkylation sites (N-methyl/N-ethyl adjacent to an activating group) is 1. The van der Waals surface area contributed by atoms with E-state index in [0.717, 1.165) is 33.8 Å². The van der Waals surface area contributed by atoms with Gasteiger partial charge < -0.3 is 9.88 Å². The van der Waals surface area contributed by atoms with Crippen molar-refractivity contribution in [2.24, 2.45) is 0 Å². The molecule has 0 bridgehead atoms. The molecule has 0 atom stereocenters. The Labute approximate surface area is 112 Å². The van der Waals surface area contributed by atoms with Gasteiger partial charge in [0.2, 0.25) is 0 Å². The highest BCUT2D eigenvalue weighted by atomic mass is 16.2. The van der Waals surface area contributed by atoms with Crippen LogP contribution in [-0.2, 0) is 4.79 Å². The molecule has 0 saturated carbocycles. The van der Waals surface area contributed by atoms with Crippen molar-refractivity contribution in [2.45, 2.75) is 13.8 Å². The van der Waals surface area contributed by atoms with Gasteiger partial charge in [-0.05, 0) is 37.6 Å². The van der Waals surface area contributed by atoms with Crippen LogP contribution in [0.15, 0.2) is 30.3 Å². The van der Waals surface area contributed by atoms with Crippen LogP contribution in [0.1, 0.15) is 22.5 Å². The molecule has 3 nitrogen and oxygen atoms in total. The Kier molecular flexibility index (Phi) is 2.56. The summed E-state index contributed by atoms with van der Waals surface area (Å²) in [5.41, 5.74) is 6.02. The van der Waals surface area contributed by atoms with E-state index < -0.39 is 0 Å². The quantitative estimate of drug-likeness (QED) is 0.778. The molecule has 1 aliphatic heterocycles. The van der Waals surface area contributed by atoms with Crippen LogP contribution in [0.25, 0.3) is 11.6 Å². The van der Waals surface area contributed by atoms with E-state index in [4.69, 9.17) is 0 Å². The molecule has 0 fully saturated rings. The van der Waals surface area contributed by atoms with Crippen molar-refractivity contribution in [3.63, 3.8) is 0 Å². The number of rotatable bonds is 1. The van der Waals surface area contributed by atoms with Crippen LogP contribution in [0.5, 0.6) is 0 Å². The number of H-pyrrole nitrogens is 1. The highest BCUT2D eigenvalue weighted by molar-refractivity contribution is 6.35. The fraction of sp³-hybridized carbons (Fsp3) is 0.188. The van der Waals surface area contributed by atoms with E-state index in [2.05, 4.69) is 11.1 Å². The SMILES string of the molecule is Cc1cc(C=C2C(=O)N(C)c3ccccc32)c(C)[nH]1. The first kappa shape index (κ1) is 11.8. The molecular formula is C16H16N2O. The van der Waals surface area contributed by atoms with Gasteiger partial charge in [-0.3, -0.25) is 4.79 Å². The van der Waals surface area contributed by atoms with Crippen LogP contribution in [-0.4, -0.2) is 17.9 Å². The second-order valence-corrected chi connectivity index (χ2v) is 4.97. The van der Waals surface area contributed by atoms with Gasteiger partial charge in [-0.25, -0.2) is 0 Å². The molecule has 1 amide bonds. The Morgan fingerprint density at radius 3 is 2.63 bits per heavy atom. The molecule has 96 valence electrons. The van der Waals surface area contributed by atoms with E-state index in [1.807, 2.05) is 51.2 Å². The van der Waals surface area contributed by atoms with Gasteiger partial charge in [0, 0.05) is 29.6 Å². The first-order valence-electron chi connectivity index (χ1n) is 6.33. The lowest BCUT2D eigenvalue weighted by molar-refractivity contribution is -0.112. The zero-order valence-electron chi connectivity index (χ0n) is 11.3. The molecule has 1 aromatic heterocycles. The van der Waals surface area contributed by atoms with Crippen molar-refractivity contribution >= 4 is 23.2 Å². The highest BCUT2D eigenvalue weighted by Gasteiger charge is 2.29. The first-order valence-corrected chi connectivity index (χ1v) is 6.33. The molecule has 3 heteroatoms. The Morgan fingerprint density at radius 2 is 1.95 bits per heavy atom. The molecule has 1 aliphatic rings. The standard InChI is InChI=1S/C16H16N2O/c1-10-8-12(11(2)17-10)9-14-13-6-4-5-7-15(13)18(3)16(14)19/h4-9,17H,1-3H3. The molecule has 19 heavy (non-hydrogen) atoms. The third-order valence-electron chi connectivity index (χ3n) is 3.58. The van der Waals surface area contributed by atoms with Gasteiger partial charge in [-0.1, -0.05) is 18.2 Å². The topological polar surface area (TPSA) is 36.1 Å².